The Morgan fingerprint density at radius 1 is 1.33 bits per heavy atom. The fourth-order valence-electron chi connectivity index (χ4n) is 2.60. The van der Waals surface area contributed by atoms with E-state index in [1.54, 1.807) is 0 Å². The predicted molar refractivity (Wildman–Crippen MR) is 80.2 cm³/mol. The van der Waals surface area contributed by atoms with Crippen molar-refractivity contribution >= 4 is 21.4 Å². The van der Waals surface area contributed by atoms with Gasteiger partial charge in [-0.2, -0.15) is 0 Å². The van der Waals surface area contributed by atoms with Crippen LogP contribution in [0.1, 0.15) is 43.5 Å². The highest BCUT2D eigenvalue weighted by atomic mass is 32.1. The summed E-state index contributed by atoms with van der Waals surface area (Å²) >= 11 is 1.92. The van der Waals surface area contributed by atoms with Crippen molar-refractivity contribution in [2.45, 2.75) is 38.6 Å². The zero-order valence-electron chi connectivity index (χ0n) is 11.0. The van der Waals surface area contributed by atoms with Gasteiger partial charge in [-0.05, 0) is 43.3 Å². The van der Waals surface area contributed by atoms with Gasteiger partial charge in [0.25, 0.3) is 0 Å². The van der Waals surface area contributed by atoms with Crippen LogP contribution in [-0.2, 0) is 0 Å². The molecule has 0 saturated heterocycles. The molecule has 1 unspecified atom stereocenters. The maximum atomic E-state index is 3.67. The van der Waals surface area contributed by atoms with Crippen molar-refractivity contribution in [2.24, 2.45) is 5.92 Å². The lowest BCUT2D eigenvalue weighted by molar-refractivity contribution is 0.289. The molecule has 2 aromatic rings. The van der Waals surface area contributed by atoms with E-state index in [1.807, 2.05) is 11.3 Å². The lowest BCUT2D eigenvalue weighted by atomic mass is 9.83. The van der Waals surface area contributed by atoms with E-state index in [2.05, 4.69) is 42.6 Å². The summed E-state index contributed by atoms with van der Waals surface area (Å²) in [6.45, 7) is 3.45. The summed E-state index contributed by atoms with van der Waals surface area (Å²) in [7, 11) is 0. The van der Waals surface area contributed by atoms with Crippen LogP contribution in [0.4, 0.5) is 0 Å². The second kappa shape index (κ2) is 5.41. The van der Waals surface area contributed by atoms with Crippen LogP contribution in [0.25, 0.3) is 10.1 Å². The van der Waals surface area contributed by atoms with Gasteiger partial charge in [0.1, 0.15) is 0 Å². The van der Waals surface area contributed by atoms with Crippen molar-refractivity contribution < 1.29 is 0 Å². The first-order valence-electron chi connectivity index (χ1n) is 7.05. The Balaban J connectivity index is 1.58. The molecule has 1 aliphatic carbocycles. The minimum Gasteiger partial charge on any atom is -0.309 e. The second-order valence-electron chi connectivity index (χ2n) is 5.45. The number of thiophene rings is 1. The monoisotopic (exact) mass is 259 g/mol. The van der Waals surface area contributed by atoms with E-state index in [-0.39, 0.29) is 0 Å². The van der Waals surface area contributed by atoms with Gasteiger partial charge >= 0.3 is 0 Å². The van der Waals surface area contributed by atoms with E-state index in [9.17, 15) is 0 Å². The van der Waals surface area contributed by atoms with Gasteiger partial charge in [0.2, 0.25) is 0 Å². The zero-order chi connectivity index (χ0) is 12.4. The molecular weight excluding hydrogens is 238 g/mol. The summed E-state index contributed by atoms with van der Waals surface area (Å²) in [5, 5.41) is 5.05. The first kappa shape index (κ1) is 12.2. The highest BCUT2D eigenvalue weighted by Gasteiger charge is 2.17. The normalized spacial score (nSPS) is 17.8. The molecule has 1 nitrogen and oxygen atoms in total. The molecule has 1 atom stereocenters. The minimum absolute atomic E-state index is 0.488. The fraction of sp³-hybridized carbons (Fsp3) is 0.500. The van der Waals surface area contributed by atoms with Gasteiger partial charge in [0.15, 0.2) is 0 Å². The molecule has 1 aliphatic rings. The molecule has 2 heteroatoms. The molecule has 0 amide bonds. The van der Waals surface area contributed by atoms with Crippen molar-refractivity contribution in [3.8, 4) is 0 Å². The summed E-state index contributed by atoms with van der Waals surface area (Å²) in [4.78, 5) is 1.46. The molecule has 0 aliphatic heterocycles. The molecule has 0 bridgehead atoms. The van der Waals surface area contributed by atoms with E-state index < -0.39 is 0 Å². The molecule has 96 valence electrons. The van der Waals surface area contributed by atoms with Crippen molar-refractivity contribution in [3.63, 3.8) is 0 Å². The Kier molecular flexibility index (Phi) is 3.67. The van der Waals surface area contributed by atoms with Crippen molar-refractivity contribution in [1.82, 2.24) is 5.32 Å². The Morgan fingerprint density at radius 3 is 2.89 bits per heavy atom. The molecular formula is C16H21NS. The smallest absolute Gasteiger partial charge is 0.0386 e. The summed E-state index contributed by atoms with van der Waals surface area (Å²) in [5.41, 5.74) is 0. The van der Waals surface area contributed by atoms with Gasteiger partial charge in [0, 0.05) is 15.6 Å². The van der Waals surface area contributed by atoms with E-state index in [0.29, 0.717) is 6.04 Å². The highest BCUT2D eigenvalue weighted by molar-refractivity contribution is 7.19. The lowest BCUT2D eigenvalue weighted by Gasteiger charge is -2.25. The number of hydrogen-bond donors (Lipinski definition) is 1. The molecule has 18 heavy (non-hydrogen) atoms. The lowest BCUT2D eigenvalue weighted by Crippen LogP contribution is -2.23. The Hall–Kier alpha value is -0.860. The molecule has 3 rings (SSSR count). The van der Waals surface area contributed by atoms with Gasteiger partial charge in [0.05, 0.1) is 0 Å². The Labute approximate surface area is 113 Å². The third-order valence-electron chi connectivity index (χ3n) is 4.10. The molecule has 1 aromatic carbocycles. The number of fused-ring (bicyclic) bond motifs is 1. The maximum absolute atomic E-state index is 3.67. The van der Waals surface area contributed by atoms with E-state index in [1.165, 1.54) is 47.2 Å². The van der Waals surface area contributed by atoms with Crippen molar-refractivity contribution in [2.75, 3.05) is 6.54 Å². The highest BCUT2D eigenvalue weighted by Crippen LogP contribution is 2.31. The average Bonchev–Trinajstić information content (AvgIpc) is 2.75. The van der Waals surface area contributed by atoms with E-state index in [4.69, 9.17) is 0 Å². The van der Waals surface area contributed by atoms with Crippen LogP contribution in [-0.4, -0.2) is 6.54 Å². The van der Waals surface area contributed by atoms with Crippen LogP contribution < -0.4 is 5.32 Å². The molecule has 1 N–H and O–H groups in total. The van der Waals surface area contributed by atoms with Crippen LogP contribution in [0, 0.1) is 5.92 Å². The SMILES string of the molecule is CC(NCCC1CCC1)c1cc2ccccc2s1. The number of hydrogen-bond acceptors (Lipinski definition) is 2. The molecule has 0 radical (unpaired) electrons. The summed E-state index contributed by atoms with van der Waals surface area (Å²) in [6.07, 6.45) is 5.73. The van der Waals surface area contributed by atoms with Gasteiger partial charge in [-0.1, -0.05) is 37.5 Å². The van der Waals surface area contributed by atoms with Crippen LogP contribution in [0.5, 0.6) is 0 Å². The van der Waals surface area contributed by atoms with Crippen LogP contribution in [0.2, 0.25) is 0 Å². The summed E-state index contributed by atoms with van der Waals surface area (Å²) < 4.78 is 1.40. The first-order valence-corrected chi connectivity index (χ1v) is 7.86. The predicted octanol–water partition coefficient (Wildman–Crippen LogP) is 4.74. The average molecular weight is 259 g/mol. The summed E-state index contributed by atoms with van der Waals surface area (Å²) in [6, 6.07) is 11.5. The maximum Gasteiger partial charge on any atom is 0.0386 e. The van der Waals surface area contributed by atoms with Crippen LogP contribution >= 0.6 is 11.3 Å². The Bertz CT molecular complexity index is 480. The van der Waals surface area contributed by atoms with Gasteiger partial charge in [-0.3, -0.25) is 0 Å². The summed E-state index contributed by atoms with van der Waals surface area (Å²) in [5.74, 6) is 1.01. The van der Waals surface area contributed by atoms with Crippen molar-refractivity contribution in [1.29, 1.82) is 0 Å². The number of benzene rings is 1. The quantitative estimate of drug-likeness (QED) is 0.817. The topological polar surface area (TPSA) is 12.0 Å². The minimum atomic E-state index is 0.488. The van der Waals surface area contributed by atoms with Crippen LogP contribution in [0.15, 0.2) is 30.3 Å². The number of nitrogens with one attached hydrogen (secondary N) is 1. The van der Waals surface area contributed by atoms with Gasteiger partial charge in [-0.25, -0.2) is 0 Å². The van der Waals surface area contributed by atoms with Gasteiger partial charge < -0.3 is 5.32 Å². The van der Waals surface area contributed by atoms with Crippen molar-refractivity contribution in [3.05, 3.63) is 35.2 Å². The molecule has 1 fully saturated rings. The Morgan fingerprint density at radius 2 is 2.17 bits per heavy atom. The zero-order valence-corrected chi connectivity index (χ0v) is 11.8. The molecule has 0 spiro atoms. The molecule has 1 saturated carbocycles. The third-order valence-corrected chi connectivity index (χ3v) is 5.40. The molecule has 1 aromatic heterocycles. The molecule has 1 heterocycles. The van der Waals surface area contributed by atoms with E-state index >= 15 is 0 Å². The standard InChI is InChI=1S/C16H21NS/c1-12(17-10-9-13-5-4-6-13)16-11-14-7-2-3-8-15(14)18-16/h2-3,7-8,11-13,17H,4-6,9-10H2,1H3. The fourth-order valence-corrected chi connectivity index (χ4v) is 3.69. The third kappa shape index (κ3) is 2.60. The number of rotatable bonds is 5. The van der Waals surface area contributed by atoms with Gasteiger partial charge in [-0.15, -0.1) is 11.3 Å². The van der Waals surface area contributed by atoms with Crippen LogP contribution in [0.3, 0.4) is 0 Å². The largest absolute Gasteiger partial charge is 0.309 e. The van der Waals surface area contributed by atoms with E-state index in [0.717, 1.165) is 5.92 Å². The first-order chi connectivity index (χ1) is 8.83. The second-order valence-corrected chi connectivity index (χ2v) is 6.56.